The summed E-state index contributed by atoms with van der Waals surface area (Å²) in [5.41, 5.74) is 2.41. The monoisotopic (exact) mass is 456 g/mol. The topological polar surface area (TPSA) is 88.5 Å². The van der Waals surface area contributed by atoms with Gasteiger partial charge in [0.2, 0.25) is 5.75 Å². The van der Waals surface area contributed by atoms with Gasteiger partial charge in [0.1, 0.15) is 12.2 Å². The maximum absolute atomic E-state index is 13.4. The van der Waals surface area contributed by atoms with Crippen LogP contribution in [0.15, 0.2) is 42.1 Å². The maximum atomic E-state index is 13.4. The molecule has 1 heterocycles. The van der Waals surface area contributed by atoms with Crippen LogP contribution in [0.4, 0.5) is 5.69 Å². The lowest BCUT2D eigenvalue weighted by Gasteiger charge is -2.19. The summed E-state index contributed by atoms with van der Waals surface area (Å²) in [6, 6.07) is 10.6. The van der Waals surface area contributed by atoms with E-state index in [1.807, 2.05) is 31.2 Å². The molecule has 0 unspecified atom stereocenters. The molecule has 0 saturated carbocycles. The number of methoxy groups -OCH3 is 3. The molecule has 1 N–H and O–H groups in total. The number of esters is 1. The molecule has 2 aromatic rings. The molecule has 1 amide bonds. The summed E-state index contributed by atoms with van der Waals surface area (Å²) < 4.78 is 15.2. The van der Waals surface area contributed by atoms with E-state index in [2.05, 4.69) is 0 Å². The molecule has 8 nitrogen and oxygen atoms in total. The van der Waals surface area contributed by atoms with Crippen LogP contribution in [0.2, 0.25) is 0 Å². The Morgan fingerprint density at radius 3 is 2.19 bits per heavy atom. The van der Waals surface area contributed by atoms with Crippen molar-refractivity contribution in [2.45, 2.75) is 13.3 Å². The van der Waals surface area contributed by atoms with Crippen molar-refractivity contribution >= 4 is 41.0 Å². The van der Waals surface area contributed by atoms with Gasteiger partial charge < -0.3 is 24.2 Å². The minimum atomic E-state index is -0.546. The molecule has 0 aromatic heterocycles. The van der Waals surface area contributed by atoms with Crippen molar-refractivity contribution in [2.75, 3.05) is 32.8 Å². The van der Waals surface area contributed by atoms with Crippen molar-refractivity contribution in [3.05, 3.63) is 53.2 Å². The Morgan fingerprint density at radius 1 is 1.09 bits per heavy atom. The third kappa shape index (κ3) is 4.38. The van der Waals surface area contributed by atoms with Gasteiger partial charge in [-0.1, -0.05) is 19.1 Å². The number of anilines is 1. The van der Waals surface area contributed by atoms with Crippen molar-refractivity contribution in [3.63, 3.8) is 0 Å². The number of phenolic OH excluding ortho intramolecular Hbond substituents is 1. The van der Waals surface area contributed by atoms with Crippen LogP contribution in [-0.4, -0.2) is 54.9 Å². The van der Waals surface area contributed by atoms with Crippen LogP contribution in [0.3, 0.4) is 0 Å². The number of ether oxygens (including phenoxy) is 3. The van der Waals surface area contributed by atoms with Crippen LogP contribution in [-0.2, 0) is 20.7 Å². The highest BCUT2D eigenvalue weighted by Gasteiger charge is 2.40. The average molecular weight is 457 g/mol. The Labute approximate surface area is 191 Å². The second-order valence-electron chi connectivity index (χ2n) is 6.91. The highest BCUT2D eigenvalue weighted by atomic mass is 32.1. The smallest absolute Gasteiger partial charge is 0.325 e. The summed E-state index contributed by atoms with van der Waals surface area (Å²) in [6.45, 7) is 1.81. The molecule has 168 valence electrons. The highest BCUT2D eigenvalue weighted by Crippen LogP contribution is 2.38. The van der Waals surface area contributed by atoms with Gasteiger partial charge in [-0.05, 0) is 60.1 Å². The van der Waals surface area contributed by atoms with Crippen LogP contribution in [0.1, 0.15) is 18.1 Å². The number of amides is 1. The molecule has 1 aliphatic rings. The van der Waals surface area contributed by atoms with Crippen LogP contribution < -0.4 is 14.4 Å². The zero-order valence-electron chi connectivity index (χ0n) is 18.2. The standard InChI is InChI=1S/C23H24N2O6S/c1-5-14-6-8-16(9-7-14)25-22(28)17(24(23(25)32)13-20(26)31-4)10-15-11-18(29-2)21(27)19(12-15)30-3/h6-12,27H,5,13H2,1-4H3/b17-10-. The van der Waals surface area contributed by atoms with Crippen molar-refractivity contribution < 1.29 is 28.9 Å². The second-order valence-corrected chi connectivity index (χ2v) is 7.27. The molecule has 0 radical (unpaired) electrons. The third-order valence-electron chi connectivity index (χ3n) is 5.06. The Balaban J connectivity index is 2.09. The lowest BCUT2D eigenvalue weighted by atomic mass is 10.1. The Morgan fingerprint density at radius 2 is 1.69 bits per heavy atom. The predicted octanol–water partition coefficient (Wildman–Crippen LogP) is 3.12. The normalized spacial score (nSPS) is 14.8. The molecule has 3 rings (SSSR count). The molecule has 0 bridgehead atoms. The SMILES string of the molecule is CCc1ccc(N2C(=O)/C(=C/c3cc(OC)c(O)c(OC)c3)N(CC(=O)OC)C2=S)cc1. The lowest BCUT2D eigenvalue weighted by molar-refractivity contribution is -0.140. The number of phenols is 1. The van der Waals surface area contributed by atoms with E-state index < -0.39 is 11.9 Å². The summed E-state index contributed by atoms with van der Waals surface area (Å²) >= 11 is 5.55. The Bertz CT molecular complexity index is 1060. The number of hydrogen-bond acceptors (Lipinski definition) is 7. The van der Waals surface area contributed by atoms with Gasteiger partial charge in [0.25, 0.3) is 5.91 Å². The number of carbonyl (C=O) groups excluding carboxylic acids is 2. The van der Waals surface area contributed by atoms with Gasteiger partial charge >= 0.3 is 5.97 Å². The number of benzene rings is 2. The second kappa shape index (κ2) is 9.69. The minimum absolute atomic E-state index is 0.158. The number of nitrogens with zero attached hydrogens (tertiary/aromatic N) is 2. The van der Waals surface area contributed by atoms with Gasteiger partial charge in [0, 0.05) is 0 Å². The van der Waals surface area contributed by atoms with E-state index in [0.717, 1.165) is 12.0 Å². The molecule has 1 saturated heterocycles. The van der Waals surface area contributed by atoms with Crippen LogP contribution >= 0.6 is 12.2 Å². The lowest BCUT2D eigenvalue weighted by Crippen LogP contribution is -2.35. The van der Waals surface area contributed by atoms with Gasteiger partial charge in [-0.25, -0.2) is 0 Å². The first-order chi connectivity index (χ1) is 15.3. The van der Waals surface area contributed by atoms with E-state index in [4.69, 9.17) is 26.4 Å². The molecule has 0 spiro atoms. The Kier molecular flexibility index (Phi) is 6.99. The summed E-state index contributed by atoms with van der Waals surface area (Å²) in [6.07, 6.45) is 2.42. The molecular weight excluding hydrogens is 432 g/mol. The quantitative estimate of drug-likeness (QED) is 0.386. The van der Waals surface area contributed by atoms with Gasteiger partial charge in [0.15, 0.2) is 16.6 Å². The summed E-state index contributed by atoms with van der Waals surface area (Å²) in [5.74, 6) is -0.745. The number of carbonyl (C=O) groups is 2. The van der Waals surface area contributed by atoms with Gasteiger partial charge in [0.05, 0.1) is 27.0 Å². The fourth-order valence-electron chi connectivity index (χ4n) is 3.29. The average Bonchev–Trinajstić information content (AvgIpc) is 3.03. The predicted molar refractivity (Wildman–Crippen MR) is 124 cm³/mol. The zero-order chi connectivity index (χ0) is 23.4. The highest BCUT2D eigenvalue weighted by molar-refractivity contribution is 7.80. The minimum Gasteiger partial charge on any atom is -0.502 e. The van der Waals surface area contributed by atoms with E-state index in [-0.39, 0.29) is 34.6 Å². The fourth-order valence-corrected chi connectivity index (χ4v) is 3.64. The number of thiocarbonyl (C=S) groups is 1. The van der Waals surface area contributed by atoms with Gasteiger partial charge in [-0.2, -0.15) is 0 Å². The Hall–Kier alpha value is -3.59. The van der Waals surface area contributed by atoms with Crippen molar-refractivity contribution in [1.82, 2.24) is 4.90 Å². The number of aromatic hydroxyl groups is 1. The van der Waals surface area contributed by atoms with E-state index in [9.17, 15) is 14.7 Å². The van der Waals surface area contributed by atoms with Crippen molar-refractivity contribution in [2.24, 2.45) is 0 Å². The first-order valence-electron chi connectivity index (χ1n) is 9.82. The summed E-state index contributed by atoms with van der Waals surface area (Å²) in [5, 5.41) is 10.3. The van der Waals surface area contributed by atoms with Crippen LogP contribution in [0.25, 0.3) is 6.08 Å². The molecule has 1 fully saturated rings. The molecule has 9 heteroatoms. The maximum Gasteiger partial charge on any atom is 0.325 e. The molecular formula is C23H24N2O6S. The molecule has 32 heavy (non-hydrogen) atoms. The number of rotatable bonds is 7. The van der Waals surface area contributed by atoms with E-state index in [1.165, 1.54) is 31.1 Å². The van der Waals surface area contributed by atoms with Crippen molar-refractivity contribution in [1.29, 1.82) is 0 Å². The first-order valence-corrected chi connectivity index (χ1v) is 10.2. The van der Waals surface area contributed by atoms with Crippen LogP contribution in [0.5, 0.6) is 17.2 Å². The summed E-state index contributed by atoms with van der Waals surface area (Å²) in [4.78, 5) is 28.2. The first kappa shape index (κ1) is 23.1. The fraction of sp³-hybridized carbons (Fsp3) is 0.261. The molecule has 0 aliphatic carbocycles. The van der Waals surface area contributed by atoms with Crippen molar-refractivity contribution in [3.8, 4) is 17.2 Å². The molecule has 0 atom stereocenters. The number of hydrogen-bond donors (Lipinski definition) is 1. The van der Waals surface area contributed by atoms with E-state index >= 15 is 0 Å². The molecule has 2 aromatic carbocycles. The van der Waals surface area contributed by atoms with Gasteiger partial charge in [-0.15, -0.1) is 0 Å². The number of aryl methyl sites for hydroxylation is 1. The molecule has 1 aliphatic heterocycles. The zero-order valence-corrected chi connectivity index (χ0v) is 19.1. The summed E-state index contributed by atoms with van der Waals surface area (Å²) in [7, 11) is 4.09. The third-order valence-corrected chi connectivity index (χ3v) is 5.46. The van der Waals surface area contributed by atoms with E-state index in [1.54, 1.807) is 18.2 Å². The van der Waals surface area contributed by atoms with Gasteiger partial charge in [-0.3, -0.25) is 14.5 Å². The van der Waals surface area contributed by atoms with Crippen LogP contribution in [0, 0.1) is 0 Å². The largest absolute Gasteiger partial charge is 0.502 e. The van der Waals surface area contributed by atoms with E-state index in [0.29, 0.717) is 11.3 Å².